The first-order chi connectivity index (χ1) is 17.0. The van der Waals surface area contributed by atoms with E-state index in [1.807, 2.05) is 54.6 Å². The van der Waals surface area contributed by atoms with Crippen molar-refractivity contribution in [1.29, 1.82) is 0 Å². The molecule has 2 aromatic carbocycles. The second-order valence-corrected chi connectivity index (χ2v) is 8.09. The molecule has 1 aliphatic heterocycles. The van der Waals surface area contributed by atoms with Crippen LogP contribution < -0.4 is 10.8 Å². The average molecular weight is 479 g/mol. The van der Waals surface area contributed by atoms with Crippen LogP contribution in [0.1, 0.15) is 18.4 Å². The van der Waals surface area contributed by atoms with E-state index in [1.54, 1.807) is 17.7 Å². The van der Waals surface area contributed by atoms with Crippen molar-refractivity contribution < 1.29 is 29.1 Å². The molecule has 1 saturated heterocycles. The summed E-state index contributed by atoms with van der Waals surface area (Å²) in [6.45, 7) is 0.228. The number of amides is 3. The summed E-state index contributed by atoms with van der Waals surface area (Å²) in [6.07, 6.45) is 0.707. The van der Waals surface area contributed by atoms with Crippen LogP contribution >= 0.6 is 0 Å². The Morgan fingerprint density at radius 1 is 1.06 bits per heavy atom. The highest BCUT2D eigenvalue weighted by molar-refractivity contribution is 6.03. The molecule has 1 unspecified atom stereocenters. The van der Waals surface area contributed by atoms with Gasteiger partial charge in [0.15, 0.2) is 0 Å². The number of nitrogens with zero attached hydrogens (tertiary/aromatic N) is 2. The number of anilines is 1. The lowest BCUT2D eigenvalue weighted by molar-refractivity contribution is -0.130. The Bertz CT molecular complexity index is 1180. The Labute approximate surface area is 201 Å². The molecule has 3 N–H and O–H groups in total. The van der Waals surface area contributed by atoms with E-state index in [4.69, 9.17) is 14.7 Å². The first-order valence-electron chi connectivity index (χ1n) is 11.2. The normalized spacial score (nSPS) is 17.2. The van der Waals surface area contributed by atoms with Gasteiger partial charge in [-0.3, -0.25) is 24.7 Å². The SMILES string of the molecule is O=C(CCO[C@@H]1CC(C(=O)Nc2cccc3cccnc23)N(C(=O)OCc2ccccc2)C1)NO. The molecule has 0 spiro atoms. The zero-order chi connectivity index (χ0) is 24.6. The molecule has 10 nitrogen and oxygen atoms in total. The van der Waals surface area contributed by atoms with Crippen molar-refractivity contribution in [2.75, 3.05) is 18.5 Å². The van der Waals surface area contributed by atoms with Gasteiger partial charge in [0.05, 0.1) is 36.9 Å². The molecule has 3 amide bonds. The first-order valence-corrected chi connectivity index (χ1v) is 11.2. The molecule has 1 fully saturated rings. The van der Waals surface area contributed by atoms with Crippen molar-refractivity contribution in [3.05, 3.63) is 72.4 Å². The fourth-order valence-corrected chi connectivity index (χ4v) is 3.97. The Balaban J connectivity index is 1.46. The number of hydrogen-bond acceptors (Lipinski definition) is 7. The van der Waals surface area contributed by atoms with E-state index >= 15 is 0 Å². The van der Waals surface area contributed by atoms with Gasteiger partial charge >= 0.3 is 6.09 Å². The predicted molar refractivity (Wildman–Crippen MR) is 126 cm³/mol. The molecule has 1 aliphatic rings. The summed E-state index contributed by atoms with van der Waals surface area (Å²) in [5.41, 5.74) is 3.55. The Morgan fingerprint density at radius 3 is 2.66 bits per heavy atom. The van der Waals surface area contributed by atoms with Gasteiger partial charge in [0.25, 0.3) is 0 Å². The summed E-state index contributed by atoms with van der Waals surface area (Å²) in [4.78, 5) is 43.2. The molecule has 0 saturated carbocycles. The maximum absolute atomic E-state index is 13.3. The number of carbonyl (C=O) groups is 3. The maximum Gasteiger partial charge on any atom is 0.410 e. The Hall–Kier alpha value is -4.02. The summed E-state index contributed by atoms with van der Waals surface area (Å²) in [5.74, 6) is -0.973. The van der Waals surface area contributed by atoms with Crippen molar-refractivity contribution in [3.8, 4) is 0 Å². The van der Waals surface area contributed by atoms with Crippen molar-refractivity contribution in [1.82, 2.24) is 15.4 Å². The van der Waals surface area contributed by atoms with Crippen LogP contribution in [-0.4, -0.2) is 58.3 Å². The topological polar surface area (TPSA) is 130 Å². The lowest BCUT2D eigenvalue weighted by Crippen LogP contribution is -2.43. The van der Waals surface area contributed by atoms with Crippen LogP contribution in [0, 0.1) is 0 Å². The fraction of sp³-hybridized carbons (Fsp3) is 0.280. The number of benzene rings is 2. The Kier molecular flexibility index (Phi) is 7.86. The number of fused-ring (bicyclic) bond motifs is 1. The largest absolute Gasteiger partial charge is 0.445 e. The number of hydroxylamine groups is 1. The van der Waals surface area contributed by atoms with Gasteiger partial charge in [-0.1, -0.05) is 48.5 Å². The number of hydrogen-bond donors (Lipinski definition) is 3. The summed E-state index contributed by atoms with van der Waals surface area (Å²) in [5, 5.41) is 12.4. The zero-order valence-electron chi connectivity index (χ0n) is 18.9. The van der Waals surface area contributed by atoms with Gasteiger partial charge in [-0.05, 0) is 17.7 Å². The van der Waals surface area contributed by atoms with Crippen LogP contribution in [0.3, 0.4) is 0 Å². The number of aromatic nitrogens is 1. The van der Waals surface area contributed by atoms with E-state index in [2.05, 4.69) is 10.3 Å². The number of ether oxygens (including phenoxy) is 2. The highest BCUT2D eigenvalue weighted by Crippen LogP contribution is 2.26. The van der Waals surface area contributed by atoms with Crippen molar-refractivity contribution in [3.63, 3.8) is 0 Å². The number of rotatable bonds is 8. The molecule has 0 bridgehead atoms. The third-order valence-electron chi connectivity index (χ3n) is 5.70. The lowest BCUT2D eigenvalue weighted by Gasteiger charge is -2.23. The molecular formula is C25H26N4O6. The quantitative estimate of drug-likeness (QED) is 0.335. The average Bonchev–Trinajstić information content (AvgIpc) is 3.32. The number of para-hydroxylation sites is 1. The van der Waals surface area contributed by atoms with Crippen LogP contribution in [0.25, 0.3) is 10.9 Å². The molecule has 4 rings (SSSR count). The third kappa shape index (κ3) is 6.11. The van der Waals surface area contributed by atoms with Crippen LogP contribution in [0.15, 0.2) is 66.9 Å². The highest BCUT2D eigenvalue weighted by Gasteiger charge is 2.41. The van der Waals surface area contributed by atoms with Gasteiger partial charge in [0.2, 0.25) is 11.8 Å². The minimum absolute atomic E-state index is 0.0333. The van der Waals surface area contributed by atoms with Gasteiger partial charge in [-0.2, -0.15) is 0 Å². The number of nitrogens with one attached hydrogen (secondary N) is 2. The van der Waals surface area contributed by atoms with E-state index < -0.39 is 24.1 Å². The minimum atomic E-state index is -0.839. The van der Waals surface area contributed by atoms with E-state index in [0.29, 0.717) is 11.2 Å². The standard InChI is InChI=1S/C25H26N4O6/c30-22(28-33)11-13-34-19-14-21(29(15-19)25(32)35-16-17-6-2-1-3-7-17)24(31)27-20-10-4-8-18-9-5-12-26-23(18)20/h1-10,12,19,21,33H,11,13-16H2,(H,27,31)(H,28,30)/t19-,21?/m1/s1. The van der Waals surface area contributed by atoms with Crippen molar-refractivity contribution in [2.45, 2.75) is 31.6 Å². The molecule has 2 heterocycles. The molecule has 0 aliphatic carbocycles. The summed E-state index contributed by atoms with van der Waals surface area (Å²) in [7, 11) is 0. The second kappa shape index (κ2) is 11.4. The summed E-state index contributed by atoms with van der Waals surface area (Å²) < 4.78 is 11.2. The van der Waals surface area contributed by atoms with Gasteiger partial charge in [0.1, 0.15) is 12.6 Å². The lowest BCUT2D eigenvalue weighted by atomic mass is 10.1. The van der Waals surface area contributed by atoms with E-state index in [0.717, 1.165) is 10.9 Å². The molecule has 182 valence electrons. The molecule has 2 atom stereocenters. The number of pyridine rings is 1. The molecule has 1 aromatic heterocycles. The zero-order valence-corrected chi connectivity index (χ0v) is 18.9. The second-order valence-electron chi connectivity index (χ2n) is 8.09. The third-order valence-corrected chi connectivity index (χ3v) is 5.70. The smallest absolute Gasteiger partial charge is 0.410 e. The summed E-state index contributed by atoms with van der Waals surface area (Å²) >= 11 is 0. The minimum Gasteiger partial charge on any atom is -0.445 e. The van der Waals surface area contributed by atoms with Gasteiger partial charge in [-0.25, -0.2) is 10.3 Å². The maximum atomic E-state index is 13.3. The Morgan fingerprint density at radius 2 is 1.86 bits per heavy atom. The molecule has 10 heteroatoms. The molecule has 35 heavy (non-hydrogen) atoms. The van der Waals surface area contributed by atoms with Crippen LogP contribution in [0.4, 0.5) is 10.5 Å². The summed E-state index contributed by atoms with van der Waals surface area (Å²) in [6, 6.07) is 17.6. The highest BCUT2D eigenvalue weighted by atomic mass is 16.6. The first kappa shape index (κ1) is 24.1. The van der Waals surface area contributed by atoms with E-state index in [1.165, 1.54) is 4.90 Å². The van der Waals surface area contributed by atoms with Gasteiger partial charge in [-0.15, -0.1) is 0 Å². The van der Waals surface area contributed by atoms with Gasteiger partial charge in [0, 0.05) is 18.0 Å². The van der Waals surface area contributed by atoms with Crippen LogP contribution in [0.5, 0.6) is 0 Å². The predicted octanol–water partition coefficient (Wildman–Crippen LogP) is 2.87. The van der Waals surface area contributed by atoms with Crippen LogP contribution in [-0.2, 0) is 25.7 Å². The van der Waals surface area contributed by atoms with Crippen LogP contribution in [0.2, 0.25) is 0 Å². The van der Waals surface area contributed by atoms with Crippen molar-refractivity contribution in [2.24, 2.45) is 0 Å². The molecule has 0 radical (unpaired) electrons. The fourth-order valence-electron chi connectivity index (χ4n) is 3.97. The molecular weight excluding hydrogens is 452 g/mol. The monoisotopic (exact) mass is 478 g/mol. The van der Waals surface area contributed by atoms with E-state index in [9.17, 15) is 14.4 Å². The molecule has 3 aromatic rings. The van der Waals surface area contributed by atoms with Gasteiger partial charge < -0.3 is 14.8 Å². The number of carbonyl (C=O) groups excluding carboxylic acids is 3. The van der Waals surface area contributed by atoms with Crippen molar-refractivity contribution >= 4 is 34.5 Å². The van der Waals surface area contributed by atoms with E-state index in [-0.39, 0.29) is 38.5 Å². The number of likely N-dealkylation sites (tertiary alicyclic amines) is 1.